The summed E-state index contributed by atoms with van der Waals surface area (Å²) in [6.45, 7) is 0.289. The molecule has 8 heteroatoms. The molecule has 2 aromatic rings. The first-order valence-corrected chi connectivity index (χ1v) is 9.19. The highest BCUT2D eigenvalue weighted by Crippen LogP contribution is 2.20. The van der Waals surface area contributed by atoms with Gasteiger partial charge in [0.2, 0.25) is 11.8 Å². The summed E-state index contributed by atoms with van der Waals surface area (Å²) < 4.78 is 12.8. The van der Waals surface area contributed by atoms with E-state index in [-0.39, 0.29) is 35.7 Å². The minimum absolute atomic E-state index is 0.118. The molecule has 0 saturated carbocycles. The normalized spacial score (nSPS) is 10.4. The number of rotatable bonds is 7. The zero-order valence-electron chi connectivity index (χ0n) is 13.0. The number of hydrogen-bond acceptors (Lipinski definition) is 3. The second-order valence-corrected chi connectivity index (χ2v) is 6.89. The molecule has 4 nitrogen and oxygen atoms in total. The second kappa shape index (κ2) is 9.65. The number of benzene rings is 2. The molecule has 0 aliphatic carbocycles. The quantitative estimate of drug-likeness (QED) is 0.734. The van der Waals surface area contributed by atoms with Crippen LogP contribution in [0, 0.1) is 5.82 Å². The van der Waals surface area contributed by atoms with E-state index in [0.717, 1.165) is 5.56 Å². The smallest absolute Gasteiger partial charge is 0.234 e. The fourth-order valence-corrected chi connectivity index (χ4v) is 3.00. The van der Waals surface area contributed by atoms with Crippen LogP contribution in [0.1, 0.15) is 5.56 Å². The van der Waals surface area contributed by atoms with Crippen LogP contribution in [0.2, 0.25) is 10.0 Å². The number of anilines is 1. The number of hydrogen-bond donors (Lipinski definition) is 2. The lowest BCUT2D eigenvalue weighted by molar-refractivity contribution is -0.118. The number of nitrogens with one attached hydrogen (secondary N) is 2. The van der Waals surface area contributed by atoms with Crippen molar-refractivity contribution in [3.63, 3.8) is 0 Å². The fourth-order valence-electron chi connectivity index (χ4n) is 1.88. The van der Waals surface area contributed by atoms with Gasteiger partial charge in [0.1, 0.15) is 5.82 Å². The Morgan fingerprint density at radius 3 is 2.36 bits per heavy atom. The van der Waals surface area contributed by atoms with E-state index in [9.17, 15) is 14.0 Å². The van der Waals surface area contributed by atoms with E-state index >= 15 is 0 Å². The Labute approximate surface area is 159 Å². The molecule has 25 heavy (non-hydrogen) atoms. The lowest BCUT2D eigenvalue weighted by Crippen LogP contribution is -2.25. The van der Waals surface area contributed by atoms with Gasteiger partial charge in [0.15, 0.2) is 0 Å². The van der Waals surface area contributed by atoms with Crippen LogP contribution >= 0.6 is 35.0 Å². The molecular weight excluding hydrogens is 386 g/mol. The minimum atomic E-state index is -0.371. The first-order valence-electron chi connectivity index (χ1n) is 7.28. The van der Waals surface area contributed by atoms with Gasteiger partial charge in [-0.1, -0.05) is 29.3 Å². The van der Waals surface area contributed by atoms with Gasteiger partial charge in [-0.2, -0.15) is 0 Å². The van der Waals surface area contributed by atoms with Crippen LogP contribution in [-0.2, 0) is 16.1 Å². The third-order valence-corrected chi connectivity index (χ3v) is 4.60. The number of carbonyl (C=O) groups excluding carboxylic acids is 2. The number of carbonyl (C=O) groups is 2. The standard InChI is InChI=1S/C17H15Cl2FN2O2S/c18-12-2-1-11(15(19)7-12)8-21-16(23)9-25-10-17(24)22-14-5-3-13(20)4-6-14/h1-7H,8-10H2,(H,21,23)(H,22,24). The van der Waals surface area contributed by atoms with Gasteiger partial charge < -0.3 is 10.6 Å². The van der Waals surface area contributed by atoms with Crippen molar-refractivity contribution in [1.29, 1.82) is 0 Å². The number of halogens is 3. The predicted molar refractivity (Wildman–Crippen MR) is 101 cm³/mol. The topological polar surface area (TPSA) is 58.2 Å². The Hall–Kier alpha value is -1.76. The molecule has 0 bridgehead atoms. The molecule has 0 aromatic heterocycles. The highest BCUT2D eigenvalue weighted by Gasteiger charge is 2.08. The molecule has 0 aliphatic heterocycles. The van der Waals surface area contributed by atoms with Crippen LogP contribution < -0.4 is 10.6 Å². The maximum atomic E-state index is 12.8. The van der Waals surface area contributed by atoms with E-state index in [1.807, 2.05) is 0 Å². The van der Waals surface area contributed by atoms with Crippen molar-refractivity contribution in [2.45, 2.75) is 6.54 Å². The molecule has 0 spiro atoms. The summed E-state index contributed by atoms with van der Waals surface area (Å²) in [4.78, 5) is 23.5. The Balaban J connectivity index is 1.67. The van der Waals surface area contributed by atoms with Crippen LogP contribution in [-0.4, -0.2) is 23.3 Å². The van der Waals surface area contributed by atoms with E-state index in [2.05, 4.69) is 10.6 Å². The third-order valence-electron chi connectivity index (χ3n) is 3.09. The van der Waals surface area contributed by atoms with E-state index in [1.165, 1.54) is 36.0 Å². The van der Waals surface area contributed by atoms with Crippen molar-refractivity contribution in [1.82, 2.24) is 5.32 Å². The Bertz CT molecular complexity index is 757. The largest absolute Gasteiger partial charge is 0.351 e. The molecular formula is C17H15Cl2FN2O2S. The summed E-state index contributed by atoms with van der Waals surface area (Å²) in [5, 5.41) is 6.37. The molecule has 0 atom stereocenters. The first kappa shape index (κ1) is 19.6. The van der Waals surface area contributed by atoms with Crippen molar-refractivity contribution in [2.75, 3.05) is 16.8 Å². The van der Waals surface area contributed by atoms with Crippen molar-refractivity contribution >= 4 is 52.5 Å². The molecule has 0 unspecified atom stereocenters. The van der Waals surface area contributed by atoms with E-state index in [1.54, 1.807) is 18.2 Å². The molecule has 2 aromatic carbocycles. The monoisotopic (exact) mass is 400 g/mol. The van der Waals surface area contributed by atoms with E-state index in [4.69, 9.17) is 23.2 Å². The molecule has 2 rings (SSSR count). The van der Waals surface area contributed by atoms with Crippen LogP contribution in [0.3, 0.4) is 0 Å². The van der Waals surface area contributed by atoms with Crippen LogP contribution in [0.4, 0.5) is 10.1 Å². The highest BCUT2D eigenvalue weighted by molar-refractivity contribution is 8.00. The SMILES string of the molecule is O=C(CSCC(=O)Nc1ccc(F)cc1)NCc1ccc(Cl)cc1Cl. The average Bonchev–Trinajstić information content (AvgIpc) is 2.56. The maximum absolute atomic E-state index is 12.8. The summed E-state index contributed by atoms with van der Waals surface area (Å²) in [6, 6.07) is 10.5. The lowest BCUT2D eigenvalue weighted by Gasteiger charge is -2.08. The van der Waals surface area contributed by atoms with Crippen LogP contribution in [0.15, 0.2) is 42.5 Å². The van der Waals surface area contributed by atoms with Crippen LogP contribution in [0.25, 0.3) is 0 Å². The van der Waals surface area contributed by atoms with E-state index < -0.39 is 0 Å². The van der Waals surface area contributed by atoms with Crippen molar-refractivity contribution in [3.05, 3.63) is 63.9 Å². The lowest BCUT2D eigenvalue weighted by atomic mass is 10.2. The molecule has 0 radical (unpaired) electrons. The predicted octanol–water partition coefficient (Wildman–Crippen LogP) is 4.12. The summed E-state index contributed by atoms with van der Waals surface area (Å²) >= 11 is 13.0. The summed E-state index contributed by atoms with van der Waals surface area (Å²) in [5.41, 5.74) is 1.27. The third kappa shape index (κ3) is 6.94. The minimum Gasteiger partial charge on any atom is -0.351 e. The van der Waals surface area contributed by atoms with Gasteiger partial charge in [-0.3, -0.25) is 9.59 Å². The summed E-state index contributed by atoms with van der Waals surface area (Å²) in [6.07, 6.45) is 0. The van der Waals surface area contributed by atoms with Gasteiger partial charge in [-0.15, -0.1) is 11.8 Å². The van der Waals surface area contributed by atoms with Gasteiger partial charge in [-0.05, 0) is 42.0 Å². The summed E-state index contributed by atoms with van der Waals surface area (Å²) in [5.74, 6) is -0.574. The van der Waals surface area contributed by atoms with Crippen molar-refractivity contribution < 1.29 is 14.0 Å². The molecule has 0 saturated heterocycles. The molecule has 0 aliphatic rings. The van der Waals surface area contributed by atoms with Crippen molar-refractivity contribution in [3.8, 4) is 0 Å². The van der Waals surface area contributed by atoms with Gasteiger partial charge in [-0.25, -0.2) is 4.39 Å². The zero-order chi connectivity index (χ0) is 18.2. The fraction of sp³-hybridized carbons (Fsp3) is 0.176. The van der Waals surface area contributed by atoms with Gasteiger partial charge in [0, 0.05) is 22.3 Å². The van der Waals surface area contributed by atoms with Gasteiger partial charge in [0.05, 0.1) is 11.5 Å². The molecule has 0 fully saturated rings. The molecule has 2 N–H and O–H groups in total. The zero-order valence-corrected chi connectivity index (χ0v) is 15.3. The molecule has 2 amide bonds. The summed E-state index contributed by atoms with van der Waals surface area (Å²) in [7, 11) is 0. The Morgan fingerprint density at radius 2 is 1.68 bits per heavy atom. The second-order valence-electron chi connectivity index (χ2n) is 5.06. The average molecular weight is 401 g/mol. The number of amides is 2. The Kier molecular flexibility index (Phi) is 7.55. The first-order chi connectivity index (χ1) is 11.9. The van der Waals surface area contributed by atoms with Crippen molar-refractivity contribution in [2.24, 2.45) is 0 Å². The van der Waals surface area contributed by atoms with Gasteiger partial charge >= 0.3 is 0 Å². The Morgan fingerprint density at radius 1 is 1.00 bits per heavy atom. The molecule has 132 valence electrons. The maximum Gasteiger partial charge on any atom is 0.234 e. The van der Waals surface area contributed by atoms with Gasteiger partial charge in [0.25, 0.3) is 0 Å². The van der Waals surface area contributed by atoms with Crippen LogP contribution in [0.5, 0.6) is 0 Å². The van der Waals surface area contributed by atoms with E-state index in [0.29, 0.717) is 15.7 Å². The highest BCUT2D eigenvalue weighted by atomic mass is 35.5. The number of thioether (sulfide) groups is 1. The molecule has 0 heterocycles.